The van der Waals surface area contributed by atoms with Gasteiger partial charge in [0.1, 0.15) is 5.82 Å². The van der Waals surface area contributed by atoms with E-state index in [4.69, 9.17) is 0 Å². The molecule has 2 saturated heterocycles. The van der Waals surface area contributed by atoms with Crippen LogP contribution in [-0.2, 0) is 19.4 Å². The first kappa shape index (κ1) is 21.5. The van der Waals surface area contributed by atoms with E-state index in [-0.39, 0.29) is 24.0 Å². The zero-order valence-corrected chi connectivity index (χ0v) is 18.0. The first-order chi connectivity index (χ1) is 14.8. The third kappa shape index (κ3) is 4.20. The summed E-state index contributed by atoms with van der Waals surface area (Å²) in [5, 5.41) is 0. The Hall–Kier alpha value is -2.78. The molecule has 31 heavy (non-hydrogen) atoms. The molecule has 1 atom stereocenters. The Morgan fingerprint density at radius 1 is 0.903 bits per heavy atom. The third-order valence-electron chi connectivity index (χ3n) is 5.90. The molecule has 7 nitrogen and oxygen atoms in total. The number of amides is 2. The van der Waals surface area contributed by atoms with E-state index in [0.717, 1.165) is 10.6 Å². The van der Waals surface area contributed by atoms with E-state index in [1.165, 1.54) is 24.3 Å². The summed E-state index contributed by atoms with van der Waals surface area (Å²) in [5.41, 5.74) is 1.32. The summed E-state index contributed by atoms with van der Waals surface area (Å²) in [4.78, 5) is 31.0. The summed E-state index contributed by atoms with van der Waals surface area (Å²) in [6, 6.07) is 11.7. The van der Waals surface area contributed by atoms with Gasteiger partial charge in [-0.25, -0.2) is 17.7 Å². The monoisotopic (exact) mass is 445 g/mol. The fraction of sp³-hybridized carbons (Fsp3) is 0.364. The van der Waals surface area contributed by atoms with Crippen molar-refractivity contribution >= 4 is 33.0 Å². The molecular weight excluding hydrogens is 421 g/mol. The average molecular weight is 446 g/mol. The maximum absolute atomic E-state index is 13.2. The van der Waals surface area contributed by atoms with E-state index < -0.39 is 21.7 Å². The normalized spacial score (nSPS) is 20.5. The minimum absolute atomic E-state index is 0.0636. The summed E-state index contributed by atoms with van der Waals surface area (Å²) < 4.78 is 37.1. The van der Waals surface area contributed by atoms with Gasteiger partial charge in [-0.1, -0.05) is 6.92 Å². The van der Waals surface area contributed by atoms with Crippen LogP contribution in [0.3, 0.4) is 0 Å². The average Bonchev–Trinajstić information content (AvgIpc) is 3.08. The third-order valence-corrected chi connectivity index (χ3v) is 7.65. The molecule has 0 N–H and O–H groups in total. The molecule has 0 bridgehead atoms. The van der Waals surface area contributed by atoms with Gasteiger partial charge in [-0.05, 0) is 48.5 Å². The van der Waals surface area contributed by atoms with Gasteiger partial charge in [0.15, 0.2) is 9.84 Å². The van der Waals surface area contributed by atoms with E-state index >= 15 is 0 Å². The van der Waals surface area contributed by atoms with Gasteiger partial charge in [0.25, 0.3) is 5.91 Å². The molecule has 2 aromatic rings. The number of carbonyl (C=O) groups is 2. The lowest BCUT2D eigenvalue weighted by atomic mass is 10.1. The molecule has 2 fully saturated rings. The van der Waals surface area contributed by atoms with E-state index in [0.29, 0.717) is 36.8 Å². The van der Waals surface area contributed by atoms with E-state index in [2.05, 4.69) is 4.90 Å². The molecule has 2 amide bonds. The van der Waals surface area contributed by atoms with Crippen LogP contribution < -0.4 is 9.80 Å². The SMILES string of the molecule is CCS(=O)(=O)c1ccc(N2CCN(C3CC(=O)N(c4ccc(F)cc4)C3=O)CC2)cc1. The Bertz CT molecular complexity index is 1080. The zero-order chi connectivity index (χ0) is 22.2. The van der Waals surface area contributed by atoms with Crippen LogP contribution in [0.4, 0.5) is 15.8 Å². The van der Waals surface area contributed by atoms with Crippen LogP contribution in [0.25, 0.3) is 0 Å². The molecule has 0 aliphatic carbocycles. The van der Waals surface area contributed by atoms with Gasteiger partial charge >= 0.3 is 0 Å². The smallest absolute Gasteiger partial charge is 0.251 e. The van der Waals surface area contributed by atoms with Crippen LogP contribution in [0.2, 0.25) is 0 Å². The van der Waals surface area contributed by atoms with E-state index in [1.54, 1.807) is 31.2 Å². The number of imide groups is 1. The lowest BCUT2D eigenvalue weighted by Crippen LogP contribution is -2.52. The van der Waals surface area contributed by atoms with Crippen molar-refractivity contribution < 1.29 is 22.4 Å². The van der Waals surface area contributed by atoms with Crippen LogP contribution in [0.5, 0.6) is 0 Å². The second kappa shape index (κ2) is 8.39. The lowest BCUT2D eigenvalue weighted by molar-refractivity contribution is -0.123. The number of rotatable bonds is 5. The van der Waals surface area contributed by atoms with Crippen molar-refractivity contribution in [1.29, 1.82) is 0 Å². The molecule has 0 aromatic heterocycles. The van der Waals surface area contributed by atoms with Crippen LogP contribution >= 0.6 is 0 Å². The number of hydrogen-bond acceptors (Lipinski definition) is 6. The van der Waals surface area contributed by atoms with Gasteiger partial charge in [-0.15, -0.1) is 0 Å². The topological polar surface area (TPSA) is 78.0 Å². The van der Waals surface area contributed by atoms with Crippen molar-refractivity contribution in [3.8, 4) is 0 Å². The summed E-state index contributed by atoms with van der Waals surface area (Å²) in [5.74, 6) is -0.916. The maximum Gasteiger partial charge on any atom is 0.251 e. The van der Waals surface area contributed by atoms with Gasteiger partial charge in [-0.3, -0.25) is 14.5 Å². The number of piperazine rings is 1. The first-order valence-electron chi connectivity index (χ1n) is 10.2. The summed E-state index contributed by atoms with van der Waals surface area (Å²) in [6.07, 6.45) is 0.111. The fourth-order valence-electron chi connectivity index (χ4n) is 4.09. The minimum Gasteiger partial charge on any atom is -0.369 e. The fourth-order valence-corrected chi connectivity index (χ4v) is 4.97. The van der Waals surface area contributed by atoms with Gasteiger partial charge in [0, 0.05) is 31.9 Å². The molecular formula is C22H24FN3O4S. The second-order valence-corrected chi connectivity index (χ2v) is 9.96. The summed E-state index contributed by atoms with van der Waals surface area (Å²) in [7, 11) is -3.23. The molecule has 9 heteroatoms. The first-order valence-corrected chi connectivity index (χ1v) is 11.9. The molecule has 2 aliphatic rings. The predicted molar refractivity (Wildman–Crippen MR) is 115 cm³/mol. The molecule has 0 spiro atoms. The predicted octanol–water partition coefficient (Wildman–Crippen LogP) is 2.07. The van der Waals surface area contributed by atoms with Gasteiger partial charge < -0.3 is 4.90 Å². The number of nitrogens with zero attached hydrogens (tertiary/aromatic N) is 3. The van der Waals surface area contributed by atoms with Crippen molar-refractivity contribution in [2.45, 2.75) is 24.3 Å². The quantitative estimate of drug-likeness (QED) is 0.656. The van der Waals surface area contributed by atoms with E-state index in [9.17, 15) is 22.4 Å². The molecule has 2 heterocycles. The van der Waals surface area contributed by atoms with Gasteiger partial charge in [0.05, 0.1) is 28.8 Å². The molecule has 164 valence electrons. The van der Waals surface area contributed by atoms with E-state index in [1.807, 2.05) is 4.90 Å². The van der Waals surface area contributed by atoms with Crippen molar-refractivity contribution in [3.63, 3.8) is 0 Å². The van der Waals surface area contributed by atoms with Crippen molar-refractivity contribution in [3.05, 3.63) is 54.3 Å². The second-order valence-electron chi connectivity index (χ2n) is 7.68. The number of benzene rings is 2. The Morgan fingerprint density at radius 3 is 2.06 bits per heavy atom. The molecule has 4 rings (SSSR count). The summed E-state index contributed by atoms with van der Waals surface area (Å²) >= 11 is 0. The van der Waals surface area contributed by atoms with Gasteiger partial charge in [-0.2, -0.15) is 0 Å². The number of sulfone groups is 1. The van der Waals surface area contributed by atoms with Crippen molar-refractivity contribution in [1.82, 2.24) is 4.90 Å². The maximum atomic E-state index is 13.2. The lowest BCUT2D eigenvalue weighted by Gasteiger charge is -2.38. The minimum atomic E-state index is -3.23. The number of halogens is 1. The molecule has 0 radical (unpaired) electrons. The Labute approximate surface area is 181 Å². The molecule has 1 unspecified atom stereocenters. The molecule has 2 aromatic carbocycles. The molecule has 2 aliphatic heterocycles. The highest BCUT2D eigenvalue weighted by molar-refractivity contribution is 7.91. The Morgan fingerprint density at radius 2 is 1.48 bits per heavy atom. The van der Waals surface area contributed by atoms with Crippen LogP contribution in [0, 0.1) is 5.82 Å². The largest absolute Gasteiger partial charge is 0.369 e. The van der Waals surface area contributed by atoms with Crippen molar-refractivity contribution in [2.24, 2.45) is 0 Å². The standard InChI is InChI=1S/C22H24FN3O4S/c1-2-31(29,30)19-9-7-17(8-10-19)24-11-13-25(14-12-24)20-15-21(27)26(22(20)28)18-5-3-16(23)4-6-18/h3-10,20H,2,11-15H2,1H3. The van der Waals surface area contributed by atoms with Crippen molar-refractivity contribution in [2.75, 3.05) is 41.7 Å². The Balaban J connectivity index is 1.40. The van der Waals surface area contributed by atoms with Gasteiger partial charge in [0.2, 0.25) is 5.91 Å². The number of carbonyl (C=O) groups excluding carboxylic acids is 2. The Kier molecular flexibility index (Phi) is 5.81. The van der Waals surface area contributed by atoms with Crippen LogP contribution in [-0.4, -0.2) is 63.1 Å². The van der Waals surface area contributed by atoms with Crippen LogP contribution in [0.1, 0.15) is 13.3 Å². The number of hydrogen-bond donors (Lipinski definition) is 0. The highest BCUT2D eigenvalue weighted by atomic mass is 32.2. The summed E-state index contributed by atoms with van der Waals surface area (Å²) in [6.45, 7) is 4.16. The zero-order valence-electron chi connectivity index (χ0n) is 17.2. The highest BCUT2D eigenvalue weighted by Gasteiger charge is 2.43. The number of anilines is 2. The van der Waals surface area contributed by atoms with Crippen LogP contribution in [0.15, 0.2) is 53.4 Å². The molecule has 0 saturated carbocycles. The highest BCUT2D eigenvalue weighted by Crippen LogP contribution is 2.27.